The zero-order chi connectivity index (χ0) is 26.0. The summed E-state index contributed by atoms with van der Waals surface area (Å²) in [6.07, 6.45) is -3.60. The molecule has 7 nitrogen and oxygen atoms in total. The number of aromatic nitrogens is 1. The summed E-state index contributed by atoms with van der Waals surface area (Å²) in [5, 5.41) is 4.41. The number of hydrogen-bond acceptors (Lipinski definition) is 5. The molecule has 35 heavy (non-hydrogen) atoms. The van der Waals surface area contributed by atoms with Crippen molar-refractivity contribution in [2.75, 3.05) is 10.6 Å². The molecule has 0 spiro atoms. The molecule has 1 heterocycles. The molecule has 0 saturated carbocycles. The Kier molecular flexibility index (Phi) is 7.61. The van der Waals surface area contributed by atoms with Crippen LogP contribution in [0.3, 0.4) is 0 Å². The van der Waals surface area contributed by atoms with Gasteiger partial charge in [0.2, 0.25) is 0 Å². The monoisotopic (exact) mass is 575 g/mol. The Hall–Kier alpha value is -3.31. The summed E-state index contributed by atoms with van der Waals surface area (Å²) in [4.78, 5) is 26.8. The molecule has 2 amide bonds. The average molecular weight is 575 g/mol. The maximum atomic E-state index is 15.0. The van der Waals surface area contributed by atoms with E-state index in [9.17, 15) is 40.0 Å². The second kappa shape index (κ2) is 10.1. The number of pyridine rings is 1. The molecular formula is C21H15AsF5N3O4S. The van der Waals surface area contributed by atoms with Crippen molar-refractivity contribution in [1.82, 2.24) is 4.98 Å². The van der Waals surface area contributed by atoms with E-state index >= 15 is 0 Å². The Balaban J connectivity index is 1.83. The topological polar surface area (TPSA) is 105 Å². The van der Waals surface area contributed by atoms with Gasteiger partial charge in [-0.25, -0.2) is 0 Å². The molecule has 3 rings (SSSR count). The van der Waals surface area contributed by atoms with Gasteiger partial charge in [0.15, 0.2) is 0 Å². The molecule has 1 aromatic heterocycles. The molecule has 0 fully saturated rings. The molecule has 2 N–H and O–H groups in total. The van der Waals surface area contributed by atoms with Gasteiger partial charge >= 0.3 is 201 Å². The molecular weight excluding hydrogens is 560 g/mol. The quantitative estimate of drug-likeness (QED) is 0.348. The van der Waals surface area contributed by atoms with E-state index in [0.717, 1.165) is 30.5 Å². The molecule has 14 heteroatoms. The molecule has 3 aromatic rings. The average Bonchev–Trinajstić information content (AvgIpc) is 2.78. The van der Waals surface area contributed by atoms with E-state index in [-0.39, 0.29) is 15.7 Å². The third-order valence-corrected chi connectivity index (χ3v) is 11.1. The number of nitrogens with one attached hydrogen (secondary N) is 2. The summed E-state index contributed by atoms with van der Waals surface area (Å²) in [6, 6.07) is 6.95. The summed E-state index contributed by atoms with van der Waals surface area (Å²) in [6.45, 7) is 1.25. The second-order valence-corrected chi connectivity index (χ2v) is 14.5. The molecule has 0 bridgehead atoms. The molecule has 1 unspecified atom stereocenters. The van der Waals surface area contributed by atoms with Crippen LogP contribution >= 0.6 is 0 Å². The van der Waals surface area contributed by atoms with Gasteiger partial charge in [-0.15, -0.1) is 0 Å². The van der Waals surface area contributed by atoms with Gasteiger partial charge < -0.3 is 0 Å². The van der Waals surface area contributed by atoms with Crippen LogP contribution in [0.2, 0.25) is 0 Å². The van der Waals surface area contributed by atoms with Crippen LogP contribution < -0.4 is 15.0 Å². The van der Waals surface area contributed by atoms with E-state index in [0.29, 0.717) is 12.1 Å². The van der Waals surface area contributed by atoms with Crippen LogP contribution in [-0.2, 0) is 19.1 Å². The fraction of sp³-hybridized carbons (Fsp3) is 0.0952. The third-order valence-electron chi connectivity index (χ3n) is 4.40. The maximum absolute atomic E-state index is 15.0. The van der Waals surface area contributed by atoms with Crippen molar-refractivity contribution < 1.29 is 40.0 Å². The number of carbonyl (C=O) groups is 2. The SMILES string of the molecule is CC(=O)Nc1ccc(C(=O)Nc2c(F)ccc([AsH]S(=O)(=O)c3ccc(C(F)(F)F)cc3)c2F)cn1. The van der Waals surface area contributed by atoms with Crippen molar-refractivity contribution in [2.45, 2.75) is 18.0 Å². The van der Waals surface area contributed by atoms with Crippen molar-refractivity contribution in [2.24, 2.45) is 0 Å². The van der Waals surface area contributed by atoms with Gasteiger partial charge in [0.05, 0.1) is 0 Å². The minimum atomic E-state index is -4.66. The van der Waals surface area contributed by atoms with Crippen molar-refractivity contribution in [1.29, 1.82) is 0 Å². The first-order valence-corrected chi connectivity index (χ1v) is 14.6. The Labute approximate surface area is 201 Å². The van der Waals surface area contributed by atoms with Crippen molar-refractivity contribution in [3.8, 4) is 0 Å². The van der Waals surface area contributed by atoms with E-state index < -0.39 is 68.5 Å². The zero-order valence-electron chi connectivity index (χ0n) is 17.6. The number of anilines is 2. The van der Waals surface area contributed by atoms with Crippen molar-refractivity contribution in [3.05, 3.63) is 77.5 Å². The summed E-state index contributed by atoms with van der Waals surface area (Å²) in [7, 11) is -4.19. The number of rotatable bonds is 6. The molecule has 0 aliphatic heterocycles. The molecule has 0 aliphatic carbocycles. The van der Waals surface area contributed by atoms with Crippen LogP contribution in [0.1, 0.15) is 22.8 Å². The van der Waals surface area contributed by atoms with Crippen LogP contribution in [0.15, 0.2) is 59.6 Å². The normalized spacial score (nSPS) is 12.1. The first-order chi connectivity index (χ1) is 16.3. The van der Waals surface area contributed by atoms with Crippen molar-refractivity contribution >= 4 is 50.4 Å². The number of alkyl halides is 3. The zero-order valence-corrected chi connectivity index (χ0v) is 20.5. The van der Waals surface area contributed by atoms with Crippen LogP contribution in [0, 0.1) is 11.6 Å². The molecule has 0 saturated heterocycles. The van der Waals surface area contributed by atoms with Gasteiger partial charge in [-0.2, -0.15) is 0 Å². The second-order valence-electron chi connectivity index (χ2n) is 6.98. The Morgan fingerprint density at radius 2 is 1.60 bits per heavy atom. The van der Waals surface area contributed by atoms with E-state index in [1.54, 1.807) is 0 Å². The van der Waals surface area contributed by atoms with Crippen LogP contribution in [0.4, 0.5) is 33.5 Å². The first-order valence-electron chi connectivity index (χ1n) is 9.51. The van der Waals surface area contributed by atoms with E-state index in [1.807, 2.05) is 5.32 Å². The summed E-state index contributed by atoms with van der Waals surface area (Å²) in [5.41, 5.74) is -2.03. The fourth-order valence-electron chi connectivity index (χ4n) is 2.74. The number of carbonyl (C=O) groups excluding carboxylic acids is 2. The number of hydrogen-bond donors (Lipinski definition) is 2. The molecule has 1 atom stereocenters. The fourth-order valence-corrected chi connectivity index (χ4v) is 8.65. The van der Waals surface area contributed by atoms with E-state index in [2.05, 4.69) is 10.3 Å². The summed E-state index contributed by atoms with van der Waals surface area (Å²) in [5.74, 6) is -3.68. The van der Waals surface area contributed by atoms with Gasteiger partial charge in [-0.05, 0) is 0 Å². The molecule has 0 radical (unpaired) electrons. The predicted octanol–water partition coefficient (Wildman–Crippen LogP) is 3.04. The number of halogens is 5. The van der Waals surface area contributed by atoms with Gasteiger partial charge in [-0.1, -0.05) is 0 Å². The molecule has 2 aromatic carbocycles. The van der Waals surface area contributed by atoms with Gasteiger partial charge in [-0.3, -0.25) is 0 Å². The number of nitrogens with zero attached hydrogens (tertiary/aromatic N) is 1. The minimum absolute atomic E-state index is 0.100. The van der Waals surface area contributed by atoms with Crippen molar-refractivity contribution in [3.63, 3.8) is 0 Å². The molecule has 0 aliphatic rings. The van der Waals surface area contributed by atoms with Crippen LogP contribution in [-0.4, -0.2) is 39.8 Å². The summed E-state index contributed by atoms with van der Waals surface area (Å²) >= 11 is -2.41. The Bertz CT molecular complexity index is 1380. The van der Waals surface area contributed by atoms with Crippen LogP contribution in [0.5, 0.6) is 0 Å². The van der Waals surface area contributed by atoms with E-state index in [4.69, 9.17) is 0 Å². The van der Waals surface area contributed by atoms with Gasteiger partial charge in [0, 0.05) is 0 Å². The van der Waals surface area contributed by atoms with Gasteiger partial charge in [0.1, 0.15) is 0 Å². The summed E-state index contributed by atoms with van der Waals surface area (Å²) < 4.78 is 92.3. The number of amides is 2. The first kappa shape index (κ1) is 26.3. The number of benzene rings is 2. The third kappa shape index (κ3) is 6.43. The van der Waals surface area contributed by atoms with E-state index in [1.165, 1.54) is 19.1 Å². The van der Waals surface area contributed by atoms with Gasteiger partial charge in [0.25, 0.3) is 0 Å². The Morgan fingerprint density at radius 3 is 2.14 bits per heavy atom. The molecule has 184 valence electrons. The predicted molar refractivity (Wildman–Crippen MR) is 118 cm³/mol. The van der Waals surface area contributed by atoms with Crippen LogP contribution in [0.25, 0.3) is 0 Å². The standard InChI is InChI=1S/C21H15AsF5N3O4S/c1-11(31)29-17-9-2-12(10-28-17)20(32)30-19-16(23)8-7-15(18(19)24)22-35(33,34)14-5-3-13(4-6-14)21(25,26)27/h2-10,22H,1H3,(H,30,32)(H,28,29,31). The Morgan fingerprint density at radius 1 is 0.943 bits per heavy atom.